The summed E-state index contributed by atoms with van der Waals surface area (Å²) in [7, 11) is -3.13. The number of hydrogen-bond acceptors (Lipinski definition) is 4. The first-order chi connectivity index (χ1) is 9.22. The van der Waals surface area contributed by atoms with E-state index in [4.69, 9.17) is 5.73 Å². The fourth-order valence-corrected chi connectivity index (χ4v) is 2.55. The summed E-state index contributed by atoms with van der Waals surface area (Å²) >= 11 is 0. The molecule has 0 saturated heterocycles. The van der Waals surface area contributed by atoms with Crippen LogP contribution in [0, 0.1) is 5.82 Å². The average molecular weight is 302 g/mol. The number of nitrogen functional groups attached to an aromatic ring is 1. The van der Waals surface area contributed by atoms with Crippen LogP contribution < -0.4 is 11.1 Å². The van der Waals surface area contributed by atoms with Gasteiger partial charge >= 0.3 is 0 Å². The minimum Gasteiger partial charge on any atom is -0.397 e. The topological polar surface area (TPSA) is 89.3 Å². The average Bonchev–Trinajstić information content (AvgIpc) is 2.32. The van der Waals surface area contributed by atoms with Gasteiger partial charge in [-0.2, -0.15) is 0 Å². The predicted octanol–water partition coefficient (Wildman–Crippen LogP) is 1.95. The van der Waals surface area contributed by atoms with Crippen LogP contribution in [0.1, 0.15) is 26.7 Å². The minimum atomic E-state index is -3.13. The van der Waals surface area contributed by atoms with Crippen LogP contribution in [0.15, 0.2) is 18.2 Å². The first-order valence-electron chi connectivity index (χ1n) is 6.29. The van der Waals surface area contributed by atoms with Gasteiger partial charge in [0.2, 0.25) is 5.91 Å². The monoisotopic (exact) mass is 302 g/mol. The third-order valence-electron chi connectivity index (χ3n) is 2.84. The number of benzene rings is 1. The molecule has 0 radical (unpaired) electrons. The zero-order chi connectivity index (χ0) is 15.3. The summed E-state index contributed by atoms with van der Waals surface area (Å²) < 4.78 is 36.0. The van der Waals surface area contributed by atoms with E-state index in [-0.39, 0.29) is 30.2 Å². The number of anilines is 2. The number of carbonyl (C=O) groups is 1. The van der Waals surface area contributed by atoms with Gasteiger partial charge in [-0.1, -0.05) is 0 Å². The Bertz CT molecular complexity index is 585. The molecule has 1 aromatic carbocycles. The van der Waals surface area contributed by atoms with Gasteiger partial charge in [0.15, 0.2) is 9.84 Å². The molecule has 0 aliphatic heterocycles. The van der Waals surface area contributed by atoms with Crippen molar-refractivity contribution >= 4 is 27.1 Å². The van der Waals surface area contributed by atoms with Gasteiger partial charge < -0.3 is 11.1 Å². The van der Waals surface area contributed by atoms with Gasteiger partial charge in [0.05, 0.1) is 22.4 Å². The Morgan fingerprint density at radius 3 is 2.60 bits per heavy atom. The lowest BCUT2D eigenvalue weighted by Gasteiger charge is -2.09. The van der Waals surface area contributed by atoms with Gasteiger partial charge in [0, 0.05) is 6.42 Å². The molecule has 1 amide bonds. The van der Waals surface area contributed by atoms with E-state index in [0.717, 1.165) is 6.07 Å². The zero-order valence-electron chi connectivity index (χ0n) is 11.5. The Kier molecular flexibility index (Phi) is 5.50. The van der Waals surface area contributed by atoms with Crippen LogP contribution in [-0.2, 0) is 14.6 Å². The third kappa shape index (κ3) is 4.80. The molecule has 5 nitrogen and oxygen atoms in total. The van der Waals surface area contributed by atoms with Crippen LogP contribution in [0.4, 0.5) is 15.8 Å². The molecule has 0 aromatic heterocycles. The molecule has 0 bridgehead atoms. The number of hydrogen-bond donors (Lipinski definition) is 2. The maximum Gasteiger partial charge on any atom is 0.224 e. The molecule has 20 heavy (non-hydrogen) atoms. The van der Waals surface area contributed by atoms with Crippen LogP contribution in [0.3, 0.4) is 0 Å². The quantitative estimate of drug-likeness (QED) is 0.786. The number of amides is 1. The first kappa shape index (κ1) is 16.4. The molecule has 0 unspecified atom stereocenters. The van der Waals surface area contributed by atoms with Crippen molar-refractivity contribution in [1.82, 2.24) is 0 Å². The van der Waals surface area contributed by atoms with Gasteiger partial charge in [-0.25, -0.2) is 12.8 Å². The molecule has 0 aliphatic rings. The fraction of sp³-hybridized carbons (Fsp3) is 0.462. The largest absolute Gasteiger partial charge is 0.397 e. The Labute approximate surface area is 118 Å². The molecular weight excluding hydrogens is 283 g/mol. The maximum atomic E-state index is 12.8. The van der Waals surface area contributed by atoms with Crippen LogP contribution in [-0.4, -0.2) is 25.3 Å². The molecule has 1 rings (SSSR count). The molecule has 112 valence electrons. The zero-order valence-corrected chi connectivity index (χ0v) is 12.3. The number of carbonyl (C=O) groups excluding carboxylic acids is 1. The molecule has 0 atom stereocenters. The lowest BCUT2D eigenvalue weighted by atomic mass is 10.2. The van der Waals surface area contributed by atoms with Crippen molar-refractivity contribution in [3.63, 3.8) is 0 Å². The number of nitrogens with one attached hydrogen (secondary N) is 1. The highest BCUT2D eigenvalue weighted by Gasteiger charge is 2.16. The second kappa shape index (κ2) is 6.69. The molecule has 3 N–H and O–H groups in total. The van der Waals surface area contributed by atoms with Crippen molar-refractivity contribution in [2.24, 2.45) is 0 Å². The fourth-order valence-electron chi connectivity index (χ4n) is 1.53. The van der Waals surface area contributed by atoms with Crippen molar-refractivity contribution in [3.8, 4) is 0 Å². The summed E-state index contributed by atoms with van der Waals surface area (Å²) in [5.74, 6) is -0.859. The summed E-state index contributed by atoms with van der Waals surface area (Å²) in [6, 6.07) is 3.67. The van der Waals surface area contributed by atoms with E-state index in [1.165, 1.54) is 12.1 Å². The lowest BCUT2D eigenvalue weighted by molar-refractivity contribution is -0.116. The lowest BCUT2D eigenvalue weighted by Crippen LogP contribution is -2.20. The Balaban J connectivity index is 2.49. The summed E-state index contributed by atoms with van der Waals surface area (Å²) in [6.07, 6.45) is 0.316. The highest BCUT2D eigenvalue weighted by Crippen LogP contribution is 2.19. The van der Waals surface area contributed by atoms with Crippen molar-refractivity contribution in [2.45, 2.75) is 31.9 Å². The SMILES string of the molecule is CC(C)S(=O)(=O)CCCC(=O)Nc1ccc(F)cc1N. The van der Waals surface area contributed by atoms with E-state index in [1.807, 2.05) is 0 Å². The van der Waals surface area contributed by atoms with E-state index < -0.39 is 20.9 Å². The third-order valence-corrected chi connectivity index (χ3v) is 5.13. The Hall–Kier alpha value is -1.63. The summed E-state index contributed by atoms with van der Waals surface area (Å²) in [5.41, 5.74) is 6.01. The minimum absolute atomic E-state index is 0.0308. The number of rotatable bonds is 6. The van der Waals surface area contributed by atoms with Crippen LogP contribution in [0.25, 0.3) is 0 Å². The van der Waals surface area contributed by atoms with E-state index in [2.05, 4.69) is 5.32 Å². The first-order valence-corrected chi connectivity index (χ1v) is 8.00. The maximum absolute atomic E-state index is 12.8. The standard InChI is InChI=1S/C13H19FN2O3S/c1-9(2)20(18,19)7-3-4-13(17)16-12-6-5-10(14)8-11(12)15/h5-6,8-9H,3-4,7,15H2,1-2H3,(H,16,17). The smallest absolute Gasteiger partial charge is 0.224 e. The van der Waals surface area contributed by atoms with E-state index in [9.17, 15) is 17.6 Å². The highest BCUT2D eigenvalue weighted by atomic mass is 32.2. The van der Waals surface area contributed by atoms with E-state index >= 15 is 0 Å². The van der Waals surface area contributed by atoms with Crippen LogP contribution >= 0.6 is 0 Å². The summed E-state index contributed by atoms with van der Waals surface area (Å²) in [4.78, 5) is 11.7. The molecule has 0 spiro atoms. The Morgan fingerprint density at radius 2 is 2.05 bits per heavy atom. The predicted molar refractivity (Wildman–Crippen MR) is 77.6 cm³/mol. The Morgan fingerprint density at radius 1 is 1.40 bits per heavy atom. The summed E-state index contributed by atoms with van der Waals surface area (Å²) in [5, 5.41) is 2.08. The van der Waals surface area contributed by atoms with Crippen molar-refractivity contribution in [2.75, 3.05) is 16.8 Å². The normalized spacial score (nSPS) is 11.6. The second-order valence-corrected chi connectivity index (χ2v) is 7.48. The number of sulfone groups is 1. The van der Waals surface area contributed by atoms with Gasteiger partial charge in [-0.05, 0) is 38.5 Å². The molecule has 0 aliphatic carbocycles. The molecule has 0 saturated carbocycles. The molecule has 0 fully saturated rings. The van der Waals surface area contributed by atoms with Crippen LogP contribution in [0.2, 0.25) is 0 Å². The van der Waals surface area contributed by atoms with Crippen molar-refractivity contribution in [3.05, 3.63) is 24.0 Å². The highest BCUT2D eigenvalue weighted by molar-refractivity contribution is 7.91. The van der Waals surface area contributed by atoms with Crippen molar-refractivity contribution in [1.29, 1.82) is 0 Å². The van der Waals surface area contributed by atoms with E-state index in [1.54, 1.807) is 13.8 Å². The van der Waals surface area contributed by atoms with Gasteiger partial charge in [0.25, 0.3) is 0 Å². The van der Waals surface area contributed by atoms with Crippen molar-refractivity contribution < 1.29 is 17.6 Å². The number of nitrogens with two attached hydrogens (primary N) is 1. The van der Waals surface area contributed by atoms with Gasteiger partial charge in [-0.15, -0.1) is 0 Å². The number of halogens is 1. The summed E-state index contributed by atoms with van der Waals surface area (Å²) in [6.45, 7) is 3.21. The molecule has 0 heterocycles. The van der Waals surface area contributed by atoms with E-state index in [0.29, 0.717) is 5.69 Å². The molecule has 7 heteroatoms. The second-order valence-electron chi connectivity index (χ2n) is 4.80. The van der Waals surface area contributed by atoms with Gasteiger partial charge in [-0.3, -0.25) is 4.79 Å². The van der Waals surface area contributed by atoms with Gasteiger partial charge in [0.1, 0.15) is 5.82 Å². The molecular formula is C13H19FN2O3S. The van der Waals surface area contributed by atoms with Crippen LogP contribution in [0.5, 0.6) is 0 Å². The molecule has 1 aromatic rings.